The minimum Gasteiger partial charge on any atom is -0.444 e. The van der Waals surface area contributed by atoms with Crippen molar-refractivity contribution >= 4 is 35.2 Å². The van der Waals surface area contributed by atoms with E-state index >= 15 is 0 Å². The van der Waals surface area contributed by atoms with Gasteiger partial charge < -0.3 is 9.64 Å². The van der Waals surface area contributed by atoms with Gasteiger partial charge in [0, 0.05) is 29.7 Å². The fourth-order valence-electron chi connectivity index (χ4n) is 3.15. The molecule has 150 valence electrons. The minimum atomic E-state index is -0.596. The zero-order valence-electron chi connectivity index (χ0n) is 16.4. The maximum atomic E-state index is 13.2. The van der Waals surface area contributed by atoms with Crippen LogP contribution in [0.1, 0.15) is 52.5 Å². The Morgan fingerprint density at radius 3 is 2.59 bits per heavy atom. The van der Waals surface area contributed by atoms with Crippen molar-refractivity contribution in [1.82, 2.24) is 9.80 Å². The van der Waals surface area contributed by atoms with Gasteiger partial charge in [-0.3, -0.25) is 9.69 Å². The van der Waals surface area contributed by atoms with Gasteiger partial charge in [-0.25, -0.2) is 4.79 Å². The smallest absolute Gasteiger partial charge is 0.410 e. The Bertz CT molecular complexity index is 688. The lowest BCUT2D eigenvalue weighted by molar-refractivity contribution is -0.138. The van der Waals surface area contributed by atoms with Crippen LogP contribution in [0.15, 0.2) is 18.2 Å². The highest BCUT2D eigenvalue weighted by atomic mass is 35.5. The van der Waals surface area contributed by atoms with E-state index in [-0.39, 0.29) is 5.91 Å². The molecule has 1 aromatic rings. The minimum absolute atomic E-state index is 0.0842. The number of ether oxygens (including phenoxy) is 1. The van der Waals surface area contributed by atoms with Gasteiger partial charge in [-0.1, -0.05) is 23.2 Å². The first-order valence-corrected chi connectivity index (χ1v) is 10.1. The van der Waals surface area contributed by atoms with E-state index in [2.05, 4.69) is 0 Å². The van der Waals surface area contributed by atoms with E-state index in [4.69, 9.17) is 27.9 Å². The summed E-state index contributed by atoms with van der Waals surface area (Å²) >= 11 is 12.3. The van der Waals surface area contributed by atoms with Crippen LogP contribution >= 0.6 is 23.2 Å². The van der Waals surface area contributed by atoms with Crippen molar-refractivity contribution in [2.24, 2.45) is 0 Å². The number of halogens is 2. The average Bonchev–Trinajstić information content (AvgIpc) is 2.60. The molecule has 1 fully saturated rings. The number of rotatable bonds is 4. The zero-order valence-corrected chi connectivity index (χ0v) is 17.9. The molecule has 1 aliphatic rings. The Labute approximate surface area is 171 Å². The van der Waals surface area contributed by atoms with Crippen LogP contribution in [-0.2, 0) is 16.1 Å². The Kier molecular flexibility index (Phi) is 7.40. The van der Waals surface area contributed by atoms with Gasteiger partial charge in [0.1, 0.15) is 11.6 Å². The molecule has 1 aromatic carbocycles. The number of hydrogen-bond acceptors (Lipinski definition) is 3. The van der Waals surface area contributed by atoms with Crippen LogP contribution in [0.3, 0.4) is 0 Å². The third-order valence-electron chi connectivity index (χ3n) is 4.48. The third kappa shape index (κ3) is 6.01. The molecular weight excluding hydrogens is 387 g/mol. The molecule has 1 unspecified atom stereocenters. The van der Waals surface area contributed by atoms with Gasteiger partial charge in [-0.15, -0.1) is 0 Å². The third-order valence-corrected chi connectivity index (χ3v) is 5.08. The second-order valence-corrected chi connectivity index (χ2v) is 8.62. The van der Waals surface area contributed by atoms with Crippen molar-refractivity contribution in [2.45, 2.75) is 65.1 Å². The molecule has 2 amide bonds. The molecular formula is C20H28Cl2N2O3. The predicted octanol–water partition coefficient (Wildman–Crippen LogP) is 5.13. The molecule has 0 bridgehead atoms. The highest BCUT2D eigenvalue weighted by Gasteiger charge is 2.36. The molecule has 1 heterocycles. The molecule has 2 rings (SSSR count). The summed E-state index contributed by atoms with van der Waals surface area (Å²) in [5, 5.41) is 1.14. The van der Waals surface area contributed by atoms with Crippen LogP contribution < -0.4 is 0 Å². The highest BCUT2D eigenvalue weighted by Crippen LogP contribution is 2.25. The summed E-state index contributed by atoms with van der Waals surface area (Å²) in [6.45, 7) is 8.78. The standard InChI is InChI=1S/C20H28Cl2N2O3/c1-5-23(13-14-12-15(21)9-10-16(14)22)18(25)17-8-6-7-11-24(17)19(26)27-20(2,3)4/h9-10,12,17H,5-8,11,13H2,1-4H3. The molecule has 5 nitrogen and oxygen atoms in total. The van der Waals surface area contributed by atoms with Crippen molar-refractivity contribution in [2.75, 3.05) is 13.1 Å². The van der Waals surface area contributed by atoms with E-state index in [1.54, 1.807) is 28.0 Å². The average molecular weight is 415 g/mol. The largest absolute Gasteiger partial charge is 0.444 e. The van der Waals surface area contributed by atoms with Crippen molar-refractivity contribution in [3.63, 3.8) is 0 Å². The summed E-state index contributed by atoms with van der Waals surface area (Å²) in [4.78, 5) is 29.1. The molecule has 1 atom stereocenters. The Hall–Kier alpha value is -1.46. The number of benzene rings is 1. The van der Waals surface area contributed by atoms with Gasteiger partial charge >= 0.3 is 6.09 Å². The summed E-state index contributed by atoms with van der Waals surface area (Å²) < 4.78 is 5.50. The van der Waals surface area contributed by atoms with E-state index in [1.165, 1.54) is 0 Å². The van der Waals surface area contributed by atoms with E-state index < -0.39 is 17.7 Å². The first-order valence-electron chi connectivity index (χ1n) is 9.34. The predicted molar refractivity (Wildman–Crippen MR) is 108 cm³/mol. The number of piperidine rings is 1. The normalized spacial score (nSPS) is 17.6. The lowest BCUT2D eigenvalue weighted by Crippen LogP contribution is -2.53. The Balaban J connectivity index is 2.17. The summed E-state index contributed by atoms with van der Waals surface area (Å²) in [5.74, 6) is -0.0842. The second kappa shape index (κ2) is 9.16. The van der Waals surface area contributed by atoms with Gasteiger partial charge in [-0.2, -0.15) is 0 Å². The van der Waals surface area contributed by atoms with Gasteiger partial charge in [0.25, 0.3) is 0 Å². The summed E-state index contributed by atoms with van der Waals surface area (Å²) in [7, 11) is 0. The van der Waals surface area contributed by atoms with E-state index in [9.17, 15) is 9.59 Å². The van der Waals surface area contributed by atoms with E-state index in [0.717, 1.165) is 18.4 Å². The van der Waals surface area contributed by atoms with Crippen LogP contribution in [0.2, 0.25) is 10.0 Å². The lowest BCUT2D eigenvalue weighted by Gasteiger charge is -2.38. The first-order chi connectivity index (χ1) is 12.6. The molecule has 7 heteroatoms. The number of likely N-dealkylation sites (tertiary alicyclic amines) is 1. The topological polar surface area (TPSA) is 49.9 Å². The van der Waals surface area contributed by atoms with Crippen LogP contribution in [0.4, 0.5) is 4.79 Å². The maximum Gasteiger partial charge on any atom is 0.410 e. The molecule has 27 heavy (non-hydrogen) atoms. The summed E-state index contributed by atoms with van der Waals surface area (Å²) in [6, 6.07) is 4.71. The van der Waals surface area contributed by atoms with Crippen LogP contribution in [-0.4, -0.2) is 46.5 Å². The number of nitrogens with zero attached hydrogens (tertiary/aromatic N) is 2. The number of amides is 2. The van der Waals surface area contributed by atoms with Crippen molar-refractivity contribution in [3.05, 3.63) is 33.8 Å². The summed E-state index contributed by atoms with van der Waals surface area (Å²) in [6.07, 6.45) is 1.98. The van der Waals surface area contributed by atoms with Gasteiger partial charge in [0.05, 0.1) is 0 Å². The number of likely N-dealkylation sites (N-methyl/N-ethyl adjacent to an activating group) is 1. The molecule has 0 aromatic heterocycles. The molecule has 0 aliphatic carbocycles. The van der Waals surface area contributed by atoms with Gasteiger partial charge in [0.2, 0.25) is 5.91 Å². The SMILES string of the molecule is CCN(Cc1cc(Cl)ccc1Cl)C(=O)C1CCCCN1C(=O)OC(C)(C)C. The van der Waals surface area contributed by atoms with Crippen LogP contribution in [0.25, 0.3) is 0 Å². The first kappa shape index (κ1) is 21.8. The highest BCUT2D eigenvalue weighted by molar-refractivity contribution is 6.33. The molecule has 0 saturated carbocycles. The molecule has 1 saturated heterocycles. The monoisotopic (exact) mass is 414 g/mol. The Morgan fingerprint density at radius 2 is 1.96 bits per heavy atom. The van der Waals surface area contributed by atoms with Crippen molar-refractivity contribution in [1.29, 1.82) is 0 Å². The maximum absolute atomic E-state index is 13.2. The quantitative estimate of drug-likeness (QED) is 0.685. The molecule has 0 spiro atoms. The fourth-order valence-corrected chi connectivity index (χ4v) is 3.53. The summed E-state index contributed by atoms with van der Waals surface area (Å²) in [5.41, 5.74) is 0.194. The second-order valence-electron chi connectivity index (χ2n) is 7.77. The lowest BCUT2D eigenvalue weighted by atomic mass is 10.0. The molecule has 1 aliphatic heterocycles. The van der Waals surface area contributed by atoms with Crippen LogP contribution in [0, 0.1) is 0 Å². The van der Waals surface area contributed by atoms with Crippen LogP contribution in [0.5, 0.6) is 0 Å². The van der Waals surface area contributed by atoms with Crippen molar-refractivity contribution < 1.29 is 14.3 Å². The number of carbonyl (C=O) groups is 2. The molecule has 0 radical (unpaired) electrons. The van der Waals surface area contributed by atoms with E-state index in [1.807, 2.05) is 27.7 Å². The van der Waals surface area contributed by atoms with E-state index in [0.29, 0.717) is 36.1 Å². The van der Waals surface area contributed by atoms with Crippen molar-refractivity contribution in [3.8, 4) is 0 Å². The number of carbonyl (C=O) groups excluding carboxylic acids is 2. The Morgan fingerprint density at radius 1 is 1.26 bits per heavy atom. The fraction of sp³-hybridized carbons (Fsp3) is 0.600. The zero-order chi connectivity index (χ0) is 20.2. The van der Waals surface area contributed by atoms with Gasteiger partial charge in [0.15, 0.2) is 0 Å². The van der Waals surface area contributed by atoms with Gasteiger partial charge in [-0.05, 0) is 70.7 Å². The molecule has 0 N–H and O–H groups in total. The number of hydrogen-bond donors (Lipinski definition) is 0.